The van der Waals surface area contributed by atoms with E-state index in [1.807, 2.05) is 0 Å². The molecule has 0 saturated carbocycles. The zero-order chi connectivity index (χ0) is 14.8. The second-order valence-electron chi connectivity index (χ2n) is 6.25. The van der Waals surface area contributed by atoms with Gasteiger partial charge in [-0.3, -0.25) is 9.69 Å². The van der Waals surface area contributed by atoms with Crippen molar-refractivity contribution < 1.29 is 13.9 Å². The molecule has 1 aromatic carbocycles. The Kier molecular flexibility index (Phi) is 4.43. The van der Waals surface area contributed by atoms with Crippen molar-refractivity contribution in [2.75, 3.05) is 26.7 Å². The molecule has 0 radical (unpaired) electrons. The summed E-state index contributed by atoms with van der Waals surface area (Å²) in [5, 5.41) is 0. The number of carbonyl (C=O) groups excluding carboxylic acids is 1. The van der Waals surface area contributed by atoms with Crippen LogP contribution in [0.2, 0.25) is 0 Å². The third-order valence-corrected chi connectivity index (χ3v) is 3.81. The van der Waals surface area contributed by atoms with Crippen LogP contribution >= 0.6 is 0 Å². The first-order chi connectivity index (χ1) is 9.41. The van der Waals surface area contributed by atoms with Crippen LogP contribution in [0.25, 0.3) is 0 Å². The van der Waals surface area contributed by atoms with Crippen molar-refractivity contribution in [1.29, 1.82) is 0 Å². The Hall–Kier alpha value is -1.42. The van der Waals surface area contributed by atoms with Crippen molar-refractivity contribution in [3.63, 3.8) is 0 Å². The number of hydrogen-bond donors (Lipinski definition) is 0. The lowest BCUT2D eigenvalue weighted by Gasteiger charge is -2.37. The standard InChI is InChI=1S/C16H22FNO2/c1-16(2)7-4-8-18(11-16)10-14(19)13-9-12(17)5-6-15(13)20-3/h5-6,9H,4,7-8,10-11H2,1-3H3. The first-order valence-electron chi connectivity index (χ1n) is 7.00. The van der Waals surface area contributed by atoms with Crippen LogP contribution in [0, 0.1) is 11.2 Å². The van der Waals surface area contributed by atoms with Crippen molar-refractivity contribution in [1.82, 2.24) is 4.90 Å². The molecule has 4 heteroatoms. The number of rotatable bonds is 4. The lowest BCUT2D eigenvalue weighted by molar-refractivity contribution is 0.0807. The Labute approximate surface area is 119 Å². The van der Waals surface area contributed by atoms with Gasteiger partial charge in [0.2, 0.25) is 0 Å². The van der Waals surface area contributed by atoms with E-state index in [-0.39, 0.29) is 11.2 Å². The molecule has 0 amide bonds. The molecular weight excluding hydrogens is 257 g/mol. The molecule has 20 heavy (non-hydrogen) atoms. The topological polar surface area (TPSA) is 29.5 Å². The van der Waals surface area contributed by atoms with E-state index in [1.54, 1.807) is 0 Å². The summed E-state index contributed by atoms with van der Waals surface area (Å²) in [6.07, 6.45) is 2.28. The Morgan fingerprint density at radius 2 is 2.20 bits per heavy atom. The number of hydrogen-bond acceptors (Lipinski definition) is 3. The molecule has 1 aromatic rings. The SMILES string of the molecule is COc1ccc(F)cc1C(=O)CN1CCCC(C)(C)C1. The molecule has 110 valence electrons. The van der Waals surface area contributed by atoms with Gasteiger partial charge in [-0.05, 0) is 43.0 Å². The van der Waals surface area contributed by atoms with Crippen LogP contribution in [0.15, 0.2) is 18.2 Å². The molecule has 0 aliphatic carbocycles. The molecule has 0 atom stereocenters. The van der Waals surface area contributed by atoms with Crippen LogP contribution < -0.4 is 4.74 Å². The number of benzene rings is 1. The van der Waals surface area contributed by atoms with Crippen LogP contribution in [0.3, 0.4) is 0 Å². The largest absolute Gasteiger partial charge is 0.496 e. The predicted octanol–water partition coefficient (Wildman–Crippen LogP) is 3.14. The molecule has 2 rings (SSSR count). The van der Waals surface area contributed by atoms with E-state index in [0.717, 1.165) is 19.5 Å². The highest BCUT2D eigenvalue weighted by molar-refractivity contribution is 6.00. The highest BCUT2D eigenvalue weighted by Gasteiger charge is 2.28. The number of nitrogens with zero attached hydrogens (tertiary/aromatic N) is 1. The van der Waals surface area contributed by atoms with Gasteiger partial charge in [0, 0.05) is 6.54 Å². The lowest BCUT2D eigenvalue weighted by Crippen LogP contribution is -2.42. The molecular formula is C16H22FNO2. The maximum Gasteiger partial charge on any atom is 0.180 e. The number of carbonyl (C=O) groups is 1. The molecule has 0 aromatic heterocycles. The summed E-state index contributed by atoms with van der Waals surface area (Å²) in [4.78, 5) is 14.5. The molecule has 1 fully saturated rings. The second-order valence-corrected chi connectivity index (χ2v) is 6.25. The Balaban J connectivity index is 2.10. The van der Waals surface area contributed by atoms with Gasteiger partial charge in [0.1, 0.15) is 11.6 Å². The summed E-state index contributed by atoms with van der Waals surface area (Å²) in [7, 11) is 1.49. The number of ketones is 1. The molecule has 0 N–H and O–H groups in total. The third-order valence-electron chi connectivity index (χ3n) is 3.81. The molecule has 1 aliphatic rings. The van der Waals surface area contributed by atoms with E-state index >= 15 is 0 Å². The van der Waals surface area contributed by atoms with Gasteiger partial charge in [-0.2, -0.15) is 0 Å². The van der Waals surface area contributed by atoms with E-state index in [9.17, 15) is 9.18 Å². The van der Waals surface area contributed by atoms with Crippen molar-refractivity contribution in [2.45, 2.75) is 26.7 Å². The number of methoxy groups -OCH3 is 1. The predicted molar refractivity (Wildman–Crippen MR) is 76.7 cm³/mol. The average molecular weight is 279 g/mol. The zero-order valence-corrected chi connectivity index (χ0v) is 12.4. The molecule has 0 spiro atoms. The van der Waals surface area contributed by atoms with Gasteiger partial charge >= 0.3 is 0 Å². The van der Waals surface area contributed by atoms with Crippen molar-refractivity contribution in [3.05, 3.63) is 29.6 Å². The van der Waals surface area contributed by atoms with Crippen molar-refractivity contribution in [3.8, 4) is 5.75 Å². The number of likely N-dealkylation sites (tertiary alicyclic amines) is 1. The highest BCUT2D eigenvalue weighted by atomic mass is 19.1. The Bertz CT molecular complexity index is 499. The van der Waals surface area contributed by atoms with Gasteiger partial charge in [-0.25, -0.2) is 4.39 Å². The van der Waals surface area contributed by atoms with Crippen LogP contribution in [0.4, 0.5) is 4.39 Å². The number of halogens is 1. The second kappa shape index (κ2) is 5.92. The minimum atomic E-state index is -0.409. The fourth-order valence-electron chi connectivity index (χ4n) is 2.87. The minimum absolute atomic E-state index is 0.0842. The van der Waals surface area contributed by atoms with Gasteiger partial charge in [0.25, 0.3) is 0 Å². The molecule has 1 saturated heterocycles. The molecule has 0 unspecified atom stereocenters. The van der Waals surface area contributed by atoms with Crippen LogP contribution in [-0.4, -0.2) is 37.4 Å². The minimum Gasteiger partial charge on any atom is -0.496 e. The number of ether oxygens (including phenoxy) is 1. The summed E-state index contributed by atoms with van der Waals surface area (Å²) in [6.45, 7) is 6.57. The van der Waals surface area contributed by atoms with Crippen molar-refractivity contribution in [2.24, 2.45) is 5.41 Å². The quantitative estimate of drug-likeness (QED) is 0.793. The molecule has 1 aliphatic heterocycles. The highest BCUT2D eigenvalue weighted by Crippen LogP contribution is 2.29. The fraction of sp³-hybridized carbons (Fsp3) is 0.562. The van der Waals surface area contributed by atoms with Crippen LogP contribution in [0.5, 0.6) is 5.75 Å². The van der Waals surface area contributed by atoms with E-state index in [2.05, 4.69) is 18.7 Å². The maximum atomic E-state index is 13.3. The summed E-state index contributed by atoms with van der Waals surface area (Å²) < 4.78 is 18.5. The lowest BCUT2D eigenvalue weighted by atomic mass is 9.84. The molecule has 1 heterocycles. The Morgan fingerprint density at radius 1 is 1.45 bits per heavy atom. The average Bonchev–Trinajstić information content (AvgIpc) is 2.37. The first-order valence-corrected chi connectivity index (χ1v) is 7.00. The van der Waals surface area contributed by atoms with Gasteiger partial charge in [-0.15, -0.1) is 0 Å². The third kappa shape index (κ3) is 3.57. The van der Waals surface area contributed by atoms with Crippen LogP contribution in [-0.2, 0) is 0 Å². The summed E-state index contributed by atoms with van der Waals surface area (Å²) in [6, 6.07) is 4.07. The smallest absolute Gasteiger partial charge is 0.180 e. The zero-order valence-electron chi connectivity index (χ0n) is 12.4. The van der Waals surface area contributed by atoms with E-state index in [1.165, 1.54) is 31.7 Å². The van der Waals surface area contributed by atoms with Gasteiger partial charge < -0.3 is 4.74 Å². The number of piperidine rings is 1. The molecule has 3 nitrogen and oxygen atoms in total. The van der Waals surface area contributed by atoms with Gasteiger partial charge in [0.15, 0.2) is 5.78 Å². The monoisotopic (exact) mass is 279 g/mol. The van der Waals surface area contributed by atoms with Crippen molar-refractivity contribution >= 4 is 5.78 Å². The summed E-state index contributed by atoms with van der Waals surface area (Å²) in [5.41, 5.74) is 0.570. The van der Waals surface area contributed by atoms with E-state index < -0.39 is 5.82 Å². The normalized spacial score (nSPS) is 18.8. The fourth-order valence-corrected chi connectivity index (χ4v) is 2.87. The van der Waals surface area contributed by atoms with Gasteiger partial charge in [-0.1, -0.05) is 13.8 Å². The number of Topliss-reactive ketones (excluding diaryl/α,β-unsaturated/α-hetero) is 1. The first kappa shape index (κ1) is 15.0. The molecule has 0 bridgehead atoms. The van der Waals surface area contributed by atoms with Gasteiger partial charge in [0.05, 0.1) is 19.2 Å². The maximum absolute atomic E-state index is 13.3. The summed E-state index contributed by atoms with van der Waals surface area (Å²) in [5.74, 6) is -0.0557. The van der Waals surface area contributed by atoms with E-state index in [4.69, 9.17) is 4.74 Å². The Morgan fingerprint density at radius 3 is 2.85 bits per heavy atom. The van der Waals surface area contributed by atoms with Crippen LogP contribution in [0.1, 0.15) is 37.0 Å². The van der Waals surface area contributed by atoms with E-state index in [0.29, 0.717) is 17.9 Å². The summed E-state index contributed by atoms with van der Waals surface area (Å²) >= 11 is 0.